The maximum atomic E-state index is 6.17. The Balaban J connectivity index is 1.93. The molecule has 2 nitrogen and oxygen atoms in total. The molecule has 3 unspecified atom stereocenters. The van der Waals surface area contributed by atoms with Crippen molar-refractivity contribution >= 4 is 0 Å². The van der Waals surface area contributed by atoms with E-state index in [0.717, 1.165) is 12.5 Å². The minimum Gasteiger partial charge on any atom is -0.376 e. The number of rotatable bonds is 5. The Hall–Kier alpha value is -0.0800. The maximum Gasteiger partial charge on any atom is 0.0915 e. The Morgan fingerprint density at radius 2 is 2.19 bits per heavy atom. The summed E-state index contributed by atoms with van der Waals surface area (Å²) in [5.74, 6) is 0.720. The number of ether oxygens (including phenoxy) is 2. The molecule has 1 aliphatic heterocycles. The summed E-state index contributed by atoms with van der Waals surface area (Å²) in [5.41, 5.74) is 0.197. The SMILES string of the molecule is CCCCCC1(C)OCC2(OC)CCC1C2. The van der Waals surface area contributed by atoms with E-state index in [1.54, 1.807) is 0 Å². The first-order valence-electron chi connectivity index (χ1n) is 6.83. The number of hydrogen-bond donors (Lipinski definition) is 0. The number of fused-ring (bicyclic) bond motifs is 2. The molecular weight excluding hydrogens is 200 g/mol. The van der Waals surface area contributed by atoms with Gasteiger partial charge in [-0.25, -0.2) is 0 Å². The van der Waals surface area contributed by atoms with Crippen LogP contribution in [0.1, 0.15) is 58.8 Å². The van der Waals surface area contributed by atoms with Crippen LogP contribution in [-0.4, -0.2) is 24.9 Å². The molecule has 2 heteroatoms. The molecule has 0 N–H and O–H groups in total. The molecule has 0 aromatic rings. The third kappa shape index (κ3) is 2.14. The molecule has 2 bridgehead atoms. The molecule has 0 aromatic heterocycles. The van der Waals surface area contributed by atoms with E-state index in [9.17, 15) is 0 Å². The van der Waals surface area contributed by atoms with Gasteiger partial charge in [-0.2, -0.15) is 0 Å². The third-order valence-corrected chi connectivity index (χ3v) is 4.81. The summed E-state index contributed by atoms with van der Waals surface area (Å²) in [4.78, 5) is 0. The van der Waals surface area contributed by atoms with Crippen LogP contribution in [0.3, 0.4) is 0 Å². The molecule has 94 valence electrons. The summed E-state index contributed by atoms with van der Waals surface area (Å²) in [5, 5.41) is 0. The van der Waals surface area contributed by atoms with Crippen molar-refractivity contribution < 1.29 is 9.47 Å². The van der Waals surface area contributed by atoms with Crippen molar-refractivity contribution in [2.75, 3.05) is 13.7 Å². The van der Waals surface area contributed by atoms with Crippen molar-refractivity contribution in [2.45, 2.75) is 70.0 Å². The molecular formula is C14H26O2. The lowest BCUT2D eigenvalue weighted by Gasteiger charge is -2.43. The second kappa shape index (κ2) is 4.66. The summed E-state index contributed by atoms with van der Waals surface area (Å²) in [6.45, 7) is 5.39. The summed E-state index contributed by atoms with van der Waals surface area (Å²) >= 11 is 0. The smallest absolute Gasteiger partial charge is 0.0915 e. The average Bonchev–Trinajstić information content (AvgIpc) is 2.68. The van der Waals surface area contributed by atoms with Crippen LogP contribution in [0, 0.1) is 5.92 Å². The van der Waals surface area contributed by atoms with Gasteiger partial charge in [-0.1, -0.05) is 26.2 Å². The summed E-state index contributed by atoms with van der Waals surface area (Å²) in [6, 6.07) is 0. The van der Waals surface area contributed by atoms with Crippen LogP contribution < -0.4 is 0 Å². The molecule has 1 heterocycles. The lowest BCUT2D eigenvalue weighted by molar-refractivity contribution is -0.177. The highest BCUT2D eigenvalue weighted by Gasteiger charge is 2.52. The topological polar surface area (TPSA) is 18.5 Å². The van der Waals surface area contributed by atoms with Gasteiger partial charge >= 0.3 is 0 Å². The van der Waals surface area contributed by atoms with E-state index in [1.165, 1.54) is 44.9 Å². The molecule has 16 heavy (non-hydrogen) atoms. The lowest BCUT2D eigenvalue weighted by atomic mass is 9.80. The van der Waals surface area contributed by atoms with E-state index in [0.29, 0.717) is 0 Å². The zero-order valence-corrected chi connectivity index (χ0v) is 11.1. The lowest BCUT2D eigenvalue weighted by Crippen LogP contribution is -2.48. The van der Waals surface area contributed by atoms with Crippen LogP contribution in [0.25, 0.3) is 0 Å². The van der Waals surface area contributed by atoms with E-state index in [2.05, 4.69) is 13.8 Å². The van der Waals surface area contributed by atoms with Gasteiger partial charge in [0.1, 0.15) is 0 Å². The number of unbranched alkanes of at least 4 members (excludes halogenated alkanes) is 2. The van der Waals surface area contributed by atoms with Crippen LogP contribution in [-0.2, 0) is 9.47 Å². The van der Waals surface area contributed by atoms with E-state index >= 15 is 0 Å². The second-order valence-corrected chi connectivity index (χ2v) is 5.89. The van der Waals surface area contributed by atoms with Crippen molar-refractivity contribution in [3.63, 3.8) is 0 Å². The second-order valence-electron chi connectivity index (χ2n) is 5.89. The molecule has 2 fully saturated rings. The monoisotopic (exact) mass is 226 g/mol. The average molecular weight is 226 g/mol. The van der Waals surface area contributed by atoms with Crippen LogP contribution in [0.4, 0.5) is 0 Å². The molecule has 0 aromatic carbocycles. The van der Waals surface area contributed by atoms with Crippen LogP contribution in [0.15, 0.2) is 0 Å². The van der Waals surface area contributed by atoms with E-state index in [-0.39, 0.29) is 11.2 Å². The van der Waals surface area contributed by atoms with Gasteiger partial charge in [0.15, 0.2) is 0 Å². The van der Waals surface area contributed by atoms with Gasteiger partial charge in [0.05, 0.1) is 17.8 Å². The zero-order chi connectivity index (χ0) is 11.6. The fourth-order valence-corrected chi connectivity index (χ4v) is 3.40. The number of methoxy groups -OCH3 is 1. The van der Waals surface area contributed by atoms with E-state index in [4.69, 9.17) is 9.47 Å². The standard InChI is InChI=1S/C14H26O2/c1-4-5-6-8-13(2)12-7-9-14(10-12,15-3)11-16-13/h12H,4-11H2,1-3H3. The first-order valence-corrected chi connectivity index (χ1v) is 6.83. The minimum atomic E-state index is 0.0644. The first kappa shape index (κ1) is 12.4. The normalized spacial score (nSPS) is 42.6. The molecule has 0 spiro atoms. The van der Waals surface area contributed by atoms with Crippen molar-refractivity contribution in [3.8, 4) is 0 Å². The Morgan fingerprint density at radius 3 is 2.88 bits per heavy atom. The Morgan fingerprint density at radius 1 is 1.38 bits per heavy atom. The van der Waals surface area contributed by atoms with Crippen LogP contribution >= 0.6 is 0 Å². The Bertz CT molecular complexity index is 241. The molecule has 1 saturated heterocycles. The predicted octanol–water partition coefficient (Wildman–Crippen LogP) is 3.54. The predicted molar refractivity (Wildman–Crippen MR) is 65.6 cm³/mol. The molecule has 1 aliphatic carbocycles. The van der Waals surface area contributed by atoms with Gasteiger partial charge in [-0.15, -0.1) is 0 Å². The van der Waals surface area contributed by atoms with Crippen molar-refractivity contribution in [3.05, 3.63) is 0 Å². The summed E-state index contributed by atoms with van der Waals surface area (Å²) < 4.78 is 11.8. The van der Waals surface area contributed by atoms with Crippen LogP contribution in [0.2, 0.25) is 0 Å². The van der Waals surface area contributed by atoms with Crippen molar-refractivity contribution in [1.29, 1.82) is 0 Å². The quantitative estimate of drug-likeness (QED) is 0.668. The number of hydrogen-bond acceptors (Lipinski definition) is 2. The first-order chi connectivity index (χ1) is 7.64. The van der Waals surface area contributed by atoms with Crippen molar-refractivity contribution in [1.82, 2.24) is 0 Å². The highest BCUT2D eigenvalue weighted by molar-refractivity contribution is 5.02. The Kier molecular flexibility index (Phi) is 3.60. The molecule has 0 amide bonds. The largest absolute Gasteiger partial charge is 0.376 e. The zero-order valence-electron chi connectivity index (χ0n) is 11.1. The Labute approximate surface area is 99.7 Å². The van der Waals surface area contributed by atoms with E-state index in [1.807, 2.05) is 7.11 Å². The fourth-order valence-electron chi connectivity index (χ4n) is 3.40. The van der Waals surface area contributed by atoms with Crippen LogP contribution in [0.5, 0.6) is 0 Å². The van der Waals surface area contributed by atoms with Gasteiger partial charge in [-0.3, -0.25) is 0 Å². The molecule has 0 radical (unpaired) electrons. The summed E-state index contributed by atoms with van der Waals surface area (Å²) in [6.07, 6.45) is 8.86. The van der Waals surface area contributed by atoms with Gasteiger partial charge < -0.3 is 9.47 Å². The highest BCUT2D eigenvalue weighted by Crippen LogP contribution is 2.50. The fraction of sp³-hybridized carbons (Fsp3) is 1.00. The van der Waals surface area contributed by atoms with E-state index < -0.39 is 0 Å². The van der Waals surface area contributed by atoms with Crippen molar-refractivity contribution in [2.24, 2.45) is 5.92 Å². The molecule has 2 rings (SSSR count). The molecule has 2 aliphatic rings. The highest BCUT2D eigenvalue weighted by atomic mass is 16.6. The third-order valence-electron chi connectivity index (χ3n) is 4.81. The van der Waals surface area contributed by atoms with Gasteiger partial charge in [0.2, 0.25) is 0 Å². The summed E-state index contributed by atoms with van der Waals surface area (Å²) in [7, 11) is 1.84. The van der Waals surface area contributed by atoms with Gasteiger partial charge in [0.25, 0.3) is 0 Å². The van der Waals surface area contributed by atoms with Gasteiger partial charge in [-0.05, 0) is 38.5 Å². The van der Waals surface area contributed by atoms with Gasteiger partial charge in [0, 0.05) is 7.11 Å². The maximum absolute atomic E-state index is 6.17. The molecule has 1 saturated carbocycles. The minimum absolute atomic E-state index is 0.0644. The molecule has 3 atom stereocenters.